The fourth-order valence-corrected chi connectivity index (χ4v) is 1.40. The van der Waals surface area contributed by atoms with Crippen LogP contribution in [0.5, 0.6) is 0 Å². The Labute approximate surface area is 63.2 Å². The van der Waals surface area contributed by atoms with Crippen LogP contribution in [0.3, 0.4) is 0 Å². The molecule has 0 bridgehead atoms. The highest BCUT2D eigenvalue weighted by molar-refractivity contribution is 4.76. The second-order valence-corrected chi connectivity index (χ2v) is 3.05. The summed E-state index contributed by atoms with van der Waals surface area (Å²) in [5, 5.41) is 8.93. The van der Waals surface area contributed by atoms with Crippen LogP contribution >= 0.6 is 0 Å². The Balaban J connectivity index is 2.39. The summed E-state index contributed by atoms with van der Waals surface area (Å²) in [6.45, 7) is 0. The molecule has 1 aliphatic rings. The third-order valence-electron chi connectivity index (χ3n) is 2.16. The zero-order valence-corrected chi connectivity index (χ0v) is 6.06. The fraction of sp³-hybridized carbons (Fsp3) is 1.00. The Morgan fingerprint density at radius 2 is 1.45 bits per heavy atom. The second-order valence-electron chi connectivity index (χ2n) is 3.05. The highest BCUT2D eigenvalue weighted by Gasteiger charge is 2.40. The van der Waals surface area contributed by atoms with E-state index in [1.54, 1.807) is 0 Å². The molecule has 0 aromatic heterocycles. The van der Waals surface area contributed by atoms with E-state index in [2.05, 4.69) is 0 Å². The average Bonchev–Trinajstić information content (AvgIpc) is 1.86. The number of hydrogen-bond acceptors (Lipinski definition) is 1. The fourth-order valence-electron chi connectivity index (χ4n) is 1.40. The van der Waals surface area contributed by atoms with E-state index in [1.165, 1.54) is 0 Å². The molecule has 0 atom stereocenters. The topological polar surface area (TPSA) is 20.2 Å². The monoisotopic (exact) mass is 168 g/mol. The molecule has 1 fully saturated rings. The minimum absolute atomic E-state index is 0.0880. The first-order chi connectivity index (χ1) is 5.00. The molecule has 1 N–H and O–H groups in total. The molecule has 1 saturated carbocycles. The van der Waals surface area contributed by atoms with Gasteiger partial charge in [0, 0.05) is 0 Å². The smallest absolute Gasteiger partial charge is 0.391 e. The van der Waals surface area contributed by atoms with Crippen LogP contribution in [0.1, 0.15) is 25.7 Å². The molecule has 0 radical (unpaired) electrons. The van der Waals surface area contributed by atoms with Gasteiger partial charge in [-0.25, -0.2) is 0 Å². The molecule has 1 nitrogen and oxygen atoms in total. The maximum atomic E-state index is 12.0. The Morgan fingerprint density at radius 3 is 1.82 bits per heavy atom. The lowest BCUT2D eigenvalue weighted by atomic mass is 9.87. The number of aliphatic hydroxyl groups is 1. The van der Waals surface area contributed by atoms with E-state index in [4.69, 9.17) is 5.11 Å². The molecule has 0 amide bonds. The summed E-state index contributed by atoms with van der Waals surface area (Å²) in [5.74, 6) is -1.18. The third-order valence-corrected chi connectivity index (χ3v) is 2.16. The first-order valence-electron chi connectivity index (χ1n) is 3.75. The predicted molar refractivity (Wildman–Crippen MR) is 34.0 cm³/mol. The second kappa shape index (κ2) is 3.01. The van der Waals surface area contributed by atoms with Gasteiger partial charge in [0.1, 0.15) is 0 Å². The summed E-state index contributed by atoms with van der Waals surface area (Å²) < 4.78 is 36.0. The number of alkyl halides is 3. The van der Waals surface area contributed by atoms with E-state index in [1.807, 2.05) is 0 Å². The Hall–Kier alpha value is -0.250. The Bertz CT molecular complexity index is 124. The molecule has 0 heterocycles. The predicted octanol–water partition coefficient (Wildman–Crippen LogP) is 2.10. The van der Waals surface area contributed by atoms with Crippen molar-refractivity contribution in [3.8, 4) is 0 Å². The van der Waals surface area contributed by atoms with Crippen molar-refractivity contribution in [2.45, 2.75) is 38.0 Å². The highest BCUT2D eigenvalue weighted by atomic mass is 19.4. The van der Waals surface area contributed by atoms with Crippen LogP contribution in [0.2, 0.25) is 0 Å². The molecule has 1 rings (SSSR count). The molecule has 0 aromatic carbocycles. The van der Waals surface area contributed by atoms with Crippen LogP contribution in [0.25, 0.3) is 0 Å². The standard InChI is InChI=1S/C7H11F3O/c8-7(9,10)5-1-3-6(11)4-2-5/h5-6,11H,1-4H2/t5-,6-. The summed E-state index contributed by atoms with van der Waals surface area (Å²) in [5.41, 5.74) is 0. The maximum Gasteiger partial charge on any atom is 0.391 e. The molecule has 0 aromatic rings. The van der Waals surface area contributed by atoms with Gasteiger partial charge in [-0.2, -0.15) is 13.2 Å². The molecule has 11 heavy (non-hydrogen) atoms. The van der Waals surface area contributed by atoms with Gasteiger partial charge in [0.15, 0.2) is 0 Å². The van der Waals surface area contributed by atoms with Gasteiger partial charge >= 0.3 is 6.18 Å². The molecule has 66 valence electrons. The summed E-state index contributed by atoms with van der Waals surface area (Å²) in [4.78, 5) is 0. The summed E-state index contributed by atoms with van der Waals surface area (Å²) >= 11 is 0. The van der Waals surface area contributed by atoms with E-state index in [9.17, 15) is 13.2 Å². The molecule has 0 aliphatic heterocycles. The van der Waals surface area contributed by atoms with Crippen molar-refractivity contribution in [2.75, 3.05) is 0 Å². The lowest BCUT2D eigenvalue weighted by Gasteiger charge is -2.26. The number of aliphatic hydroxyl groups excluding tert-OH is 1. The van der Waals surface area contributed by atoms with Crippen molar-refractivity contribution in [1.29, 1.82) is 0 Å². The summed E-state index contributed by atoms with van der Waals surface area (Å²) in [7, 11) is 0. The highest BCUT2D eigenvalue weighted by Crippen LogP contribution is 2.37. The quantitative estimate of drug-likeness (QED) is 0.587. The number of hydrogen-bond donors (Lipinski definition) is 1. The van der Waals surface area contributed by atoms with Crippen molar-refractivity contribution in [3.63, 3.8) is 0 Å². The Kier molecular flexibility index (Phi) is 2.42. The third kappa shape index (κ3) is 2.36. The van der Waals surface area contributed by atoms with Crippen LogP contribution in [0.4, 0.5) is 13.2 Å². The maximum absolute atomic E-state index is 12.0. The van der Waals surface area contributed by atoms with Crippen LogP contribution < -0.4 is 0 Å². The van der Waals surface area contributed by atoms with Gasteiger partial charge < -0.3 is 5.11 Å². The van der Waals surface area contributed by atoms with Crippen LogP contribution in [0.15, 0.2) is 0 Å². The molecule has 1 aliphatic carbocycles. The average molecular weight is 168 g/mol. The van der Waals surface area contributed by atoms with Gasteiger partial charge in [-0.15, -0.1) is 0 Å². The lowest BCUT2D eigenvalue weighted by molar-refractivity contribution is -0.185. The van der Waals surface area contributed by atoms with Crippen molar-refractivity contribution in [2.24, 2.45) is 5.92 Å². The van der Waals surface area contributed by atoms with E-state index >= 15 is 0 Å². The van der Waals surface area contributed by atoms with Crippen molar-refractivity contribution in [3.05, 3.63) is 0 Å². The van der Waals surface area contributed by atoms with Crippen molar-refractivity contribution >= 4 is 0 Å². The van der Waals surface area contributed by atoms with Crippen LogP contribution in [0, 0.1) is 5.92 Å². The van der Waals surface area contributed by atoms with E-state index in [0.717, 1.165) is 0 Å². The van der Waals surface area contributed by atoms with Gasteiger partial charge in [0.2, 0.25) is 0 Å². The van der Waals surface area contributed by atoms with Gasteiger partial charge in [-0.05, 0) is 25.7 Å². The lowest BCUT2D eigenvalue weighted by Crippen LogP contribution is -2.29. The number of halogens is 3. The van der Waals surface area contributed by atoms with Gasteiger partial charge in [-0.1, -0.05) is 0 Å². The largest absolute Gasteiger partial charge is 0.393 e. The molecule has 4 heteroatoms. The first-order valence-corrected chi connectivity index (χ1v) is 3.75. The first kappa shape index (κ1) is 8.84. The molecule has 0 unspecified atom stereocenters. The summed E-state index contributed by atoms with van der Waals surface area (Å²) in [6.07, 6.45) is -3.79. The van der Waals surface area contributed by atoms with Gasteiger partial charge in [0.25, 0.3) is 0 Å². The Morgan fingerprint density at radius 1 is 1.00 bits per heavy atom. The zero-order chi connectivity index (χ0) is 8.48. The van der Waals surface area contributed by atoms with Crippen molar-refractivity contribution in [1.82, 2.24) is 0 Å². The van der Waals surface area contributed by atoms with E-state index < -0.39 is 18.2 Å². The number of rotatable bonds is 0. The SMILES string of the molecule is O[C@H]1CC[C@H](C(F)(F)F)CC1. The minimum Gasteiger partial charge on any atom is -0.393 e. The normalized spacial score (nSPS) is 33.8. The molecule has 0 saturated heterocycles. The molecular weight excluding hydrogens is 157 g/mol. The zero-order valence-electron chi connectivity index (χ0n) is 6.06. The van der Waals surface area contributed by atoms with Crippen molar-refractivity contribution < 1.29 is 18.3 Å². The molecule has 0 spiro atoms. The van der Waals surface area contributed by atoms with E-state index in [0.29, 0.717) is 12.8 Å². The van der Waals surface area contributed by atoms with Crippen LogP contribution in [-0.4, -0.2) is 17.4 Å². The molecular formula is C7H11F3O. The minimum atomic E-state index is -4.06. The van der Waals surface area contributed by atoms with Crippen LogP contribution in [-0.2, 0) is 0 Å². The van der Waals surface area contributed by atoms with E-state index in [-0.39, 0.29) is 12.8 Å². The summed E-state index contributed by atoms with van der Waals surface area (Å²) in [6, 6.07) is 0. The van der Waals surface area contributed by atoms with Gasteiger partial charge in [0.05, 0.1) is 12.0 Å². The van der Waals surface area contributed by atoms with Gasteiger partial charge in [-0.3, -0.25) is 0 Å².